The molecule has 2 aromatic carbocycles. The van der Waals surface area contributed by atoms with Crippen LogP contribution in [0.15, 0.2) is 48.5 Å². The van der Waals surface area contributed by atoms with E-state index in [1.54, 1.807) is 12.1 Å². The maximum Gasteiger partial charge on any atom is 0.344 e. The van der Waals surface area contributed by atoms with E-state index >= 15 is 0 Å². The van der Waals surface area contributed by atoms with Crippen molar-refractivity contribution in [3.63, 3.8) is 0 Å². The summed E-state index contributed by atoms with van der Waals surface area (Å²) in [6.45, 7) is -0.126. The first-order valence-electron chi connectivity index (χ1n) is 17.6. The molecule has 0 saturated carbocycles. The molecule has 0 radical (unpaired) electrons. The van der Waals surface area contributed by atoms with Gasteiger partial charge in [-0.25, -0.2) is 28.8 Å². The van der Waals surface area contributed by atoms with Crippen molar-refractivity contribution in [2.45, 2.75) is 78.1 Å². The fourth-order valence-corrected chi connectivity index (χ4v) is 4.35. The predicted molar refractivity (Wildman–Crippen MR) is 186 cm³/mol. The minimum Gasteiger partial charge on any atom is -0.460 e. The lowest BCUT2D eigenvalue weighted by molar-refractivity contribution is -0.165. The lowest BCUT2D eigenvalue weighted by Crippen LogP contribution is -2.24. The van der Waals surface area contributed by atoms with Gasteiger partial charge in [-0.15, -0.1) is 0 Å². The Morgan fingerprint density at radius 2 is 0.759 bits per heavy atom. The molecule has 0 aliphatic heterocycles. The SMILES string of the molecule is CCCCCCC(=O)Oc1ccccc1C(=O)OCC(=O)OCC(=O)OCCOC(=O)COC(=O)COC(=O)c1ccccc1OC(=O)CCCCCC. The van der Waals surface area contributed by atoms with Crippen molar-refractivity contribution in [3.05, 3.63) is 59.7 Å². The average Bonchev–Trinajstić information content (AvgIpc) is 3.16. The van der Waals surface area contributed by atoms with Gasteiger partial charge < -0.3 is 37.9 Å². The van der Waals surface area contributed by atoms with Gasteiger partial charge in [-0.3, -0.25) is 9.59 Å². The predicted octanol–water partition coefficient (Wildman–Crippen LogP) is 4.62. The first-order chi connectivity index (χ1) is 26.0. The van der Waals surface area contributed by atoms with Crippen molar-refractivity contribution >= 4 is 47.8 Å². The van der Waals surface area contributed by atoms with Crippen molar-refractivity contribution in [3.8, 4) is 11.5 Å². The zero-order valence-corrected chi connectivity index (χ0v) is 30.5. The molecule has 0 aliphatic carbocycles. The highest BCUT2D eigenvalue weighted by Gasteiger charge is 2.20. The van der Waals surface area contributed by atoms with Gasteiger partial charge in [-0.2, -0.15) is 0 Å². The van der Waals surface area contributed by atoms with Crippen LogP contribution in [-0.2, 0) is 57.2 Å². The van der Waals surface area contributed by atoms with Crippen LogP contribution in [0.25, 0.3) is 0 Å². The van der Waals surface area contributed by atoms with E-state index in [0.29, 0.717) is 12.8 Å². The van der Waals surface area contributed by atoms with Crippen molar-refractivity contribution in [2.24, 2.45) is 0 Å². The molecule has 0 aromatic heterocycles. The average molecular weight is 759 g/mol. The van der Waals surface area contributed by atoms with Crippen molar-refractivity contribution in [1.82, 2.24) is 0 Å². The van der Waals surface area contributed by atoms with Gasteiger partial charge in [0.15, 0.2) is 26.4 Å². The van der Waals surface area contributed by atoms with Gasteiger partial charge in [0.25, 0.3) is 0 Å². The van der Waals surface area contributed by atoms with Gasteiger partial charge in [0.1, 0.15) is 35.8 Å². The third kappa shape index (κ3) is 18.6. The molecule has 16 nitrogen and oxygen atoms in total. The Morgan fingerprint density at radius 3 is 1.15 bits per heavy atom. The summed E-state index contributed by atoms with van der Waals surface area (Å²) >= 11 is 0. The molecule has 16 heteroatoms. The van der Waals surface area contributed by atoms with Crippen LogP contribution in [0.4, 0.5) is 0 Å². The van der Waals surface area contributed by atoms with Crippen LogP contribution in [0, 0.1) is 0 Å². The van der Waals surface area contributed by atoms with Crippen molar-refractivity contribution < 1.29 is 76.3 Å². The molecule has 0 aliphatic rings. The minimum atomic E-state index is -1.06. The largest absolute Gasteiger partial charge is 0.460 e. The van der Waals surface area contributed by atoms with E-state index < -0.39 is 87.4 Å². The fraction of sp³-hybridized carbons (Fsp3) is 0.474. The topological polar surface area (TPSA) is 210 Å². The zero-order valence-electron chi connectivity index (χ0n) is 30.5. The number of esters is 8. The Bertz CT molecular complexity index is 1450. The van der Waals surface area contributed by atoms with Gasteiger partial charge in [-0.1, -0.05) is 76.6 Å². The molecule has 0 spiro atoms. The summed E-state index contributed by atoms with van der Waals surface area (Å²) in [6, 6.07) is 11.7. The Kier molecular flexibility index (Phi) is 21.4. The molecule has 0 fully saturated rings. The highest BCUT2D eigenvalue weighted by atomic mass is 16.6. The van der Waals surface area contributed by atoms with E-state index in [1.807, 2.05) is 13.8 Å². The molecule has 0 heterocycles. The summed E-state index contributed by atoms with van der Waals surface area (Å²) in [6.07, 6.45) is 7.43. The number of benzene rings is 2. The monoisotopic (exact) mass is 758 g/mol. The normalized spacial score (nSPS) is 10.3. The summed E-state index contributed by atoms with van der Waals surface area (Å²) < 4.78 is 39.3. The molecule has 2 aromatic rings. The first-order valence-corrected chi connectivity index (χ1v) is 17.6. The summed E-state index contributed by atoms with van der Waals surface area (Å²) in [5.41, 5.74) is -0.157. The van der Waals surface area contributed by atoms with Crippen LogP contribution in [-0.4, -0.2) is 87.4 Å². The molecule has 0 atom stereocenters. The third-order valence-electron chi connectivity index (χ3n) is 7.08. The minimum absolute atomic E-state index is 0.0215. The number of hydrogen-bond acceptors (Lipinski definition) is 16. The van der Waals surface area contributed by atoms with Gasteiger partial charge in [0.2, 0.25) is 0 Å². The smallest absolute Gasteiger partial charge is 0.344 e. The number of carbonyl (C=O) groups is 8. The number of hydrogen-bond donors (Lipinski definition) is 0. The maximum atomic E-state index is 12.5. The van der Waals surface area contributed by atoms with E-state index in [2.05, 4.69) is 0 Å². The van der Waals surface area contributed by atoms with E-state index in [9.17, 15) is 38.4 Å². The fourth-order valence-electron chi connectivity index (χ4n) is 4.35. The molecular formula is C38H46O16. The second kappa shape index (κ2) is 26.0. The van der Waals surface area contributed by atoms with Crippen LogP contribution in [0.3, 0.4) is 0 Å². The number of carbonyl (C=O) groups excluding carboxylic acids is 8. The molecule has 0 amide bonds. The molecule has 0 unspecified atom stereocenters. The van der Waals surface area contributed by atoms with Gasteiger partial charge >= 0.3 is 47.8 Å². The Morgan fingerprint density at radius 1 is 0.407 bits per heavy atom. The number of ether oxygens (including phenoxy) is 8. The van der Waals surface area contributed by atoms with Gasteiger partial charge in [0, 0.05) is 12.8 Å². The molecule has 294 valence electrons. The Labute approximate surface area is 312 Å². The highest BCUT2D eigenvalue weighted by Crippen LogP contribution is 2.21. The van der Waals surface area contributed by atoms with Crippen LogP contribution >= 0.6 is 0 Å². The molecule has 0 N–H and O–H groups in total. The third-order valence-corrected chi connectivity index (χ3v) is 7.08. The van der Waals surface area contributed by atoms with Crippen molar-refractivity contribution in [2.75, 3.05) is 39.6 Å². The zero-order chi connectivity index (χ0) is 39.6. The summed E-state index contributed by atoms with van der Waals surface area (Å²) in [5, 5.41) is 0. The van der Waals surface area contributed by atoms with Crippen LogP contribution in [0.5, 0.6) is 11.5 Å². The maximum absolute atomic E-state index is 12.5. The lowest BCUT2D eigenvalue weighted by Gasteiger charge is -2.10. The van der Waals surface area contributed by atoms with E-state index in [1.165, 1.54) is 36.4 Å². The standard InChI is InChI=1S/C38H46O16/c1-3-5-7-9-19-31(39)53-29-17-13-11-15-27(29)37(45)51-25-35(43)49-23-33(41)47-21-22-48-34(42)24-50-36(44)26-52-38(46)28-16-12-14-18-30(28)54-32(40)20-10-8-6-4-2/h11-18H,3-10,19-26H2,1-2H3. The van der Waals surface area contributed by atoms with Crippen molar-refractivity contribution in [1.29, 1.82) is 0 Å². The molecule has 54 heavy (non-hydrogen) atoms. The number of para-hydroxylation sites is 2. The van der Waals surface area contributed by atoms with Crippen LogP contribution < -0.4 is 9.47 Å². The van der Waals surface area contributed by atoms with E-state index in [4.69, 9.17) is 37.9 Å². The molecule has 2 rings (SSSR count). The summed E-state index contributed by atoms with van der Waals surface area (Å²) in [5.74, 6) is -7.10. The highest BCUT2D eigenvalue weighted by molar-refractivity contribution is 5.95. The van der Waals surface area contributed by atoms with Crippen LogP contribution in [0.2, 0.25) is 0 Å². The molecule has 0 bridgehead atoms. The second-order valence-corrected chi connectivity index (χ2v) is 11.5. The van der Waals surface area contributed by atoms with Crippen LogP contribution in [0.1, 0.15) is 98.8 Å². The second-order valence-electron chi connectivity index (χ2n) is 11.5. The van der Waals surface area contributed by atoms with E-state index in [-0.39, 0.29) is 35.5 Å². The Hall–Kier alpha value is -5.80. The summed E-state index contributed by atoms with van der Waals surface area (Å²) in [4.78, 5) is 96.9. The number of rotatable bonds is 25. The quantitative estimate of drug-likeness (QED) is 0.0585. The molecular weight excluding hydrogens is 712 g/mol. The van der Waals surface area contributed by atoms with Gasteiger partial charge in [0.05, 0.1) is 0 Å². The molecule has 0 saturated heterocycles. The Balaban J connectivity index is 1.60. The lowest BCUT2D eigenvalue weighted by atomic mass is 10.1. The van der Waals surface area contributed by atoms with Gasteiger partial charge in [-0.05, 0) is 37.1 Å². The van der Waals surface area contributed by atoms with E-state index in [0.717, 1.165) is 38.5 Å². The first kappa shape index (κ1) is 44.4. The summed E-state index contributed by atoms with van der Waals surface area (Å²) in [7, 11) is 0. The number of unbranched alkanes of at least 4 members (excludes halogenated alkanes) is 6.